The number of carbonyl (C=O) groups is 1. The number of hydrogen-bond acceptors (Lipinski definition) is 3. The lowest BCUT2D eigenvalue weighted by atomic mass is 9.95. The van der Waals surface area contributed by atoms with Gasteiger partial charge >= 0.3 is 5.97 Å². The van der Waals surface area contributed by atoms with Crippen LogP contribution in [0.1, 0.15) is 37.0 Å². The van der Waals surface area contributed by atoms with Gasteiger partial charge in [0.05, 0.1) is 11.3 Å². The highest BCUT2D eigenvalue weighted by Gasteiger charge is 2.20. The molecular weight excluding hydrogens is 295 g/mol. The van der Waals surface area contributed by atoms with Crippen LogP contribution in [-0.2, 0) is 5.41 Å². The van der Waals surface area contributed by atoms with Gasteiger partial charge < -0.3 is 5.11 Å². The fourth-order valence-electron chi connectivity index (χ4n) is 1.76. The van der Waals surface area contributed by atoms with E-state index >= 15 is 0 Å². The molecule has 6 heteroatoms. The van der Waals surface area contributed by atoms with Gasteiger partial charge in [-0.3, -0.25) is 0 Å². The summed E-state index contributed by atoms with van der Waals surface area (Å²) in [6.45, 7) is 5.78. The third-order valence-corrected chi connectivity index (χ3v) is 3.00. The molecule has 0 aliphatic carbocycles. The van der Waals surface area contributed by atoms with Crippen molar-refractivity contribution in [1.29, 1.82) is 0 Å². The molecule has 0 saturated heterocycles. The first kappa shape index (κ1) is 15.4. The van der Waals surface area contributed by atoms with E-state index in [2.05, 4.69) is 9.97 Å². The maximum Gasteiger partial charge on any atom is 0.335 e. The van der Waals surface area contributed by atoms with Crippen molar-refractivity contribution in [2.75, 3.05) is 0 Å². The van der Waals surface area contributed by atoms with Crippen LogP contribution in [0, 0.1) is 5.82 Å². The van der Waals surface area contributed by atoms with Gasteiger partial charge in [-0.1, -0.05) is 32.4 Å². The lowest BCUT2D eigenvalue weighted by Gasteiger charge is -2.17. The molecule has 1 aromatic heterocycles. The zero-order valence-electron chi connectivity index (χ0n) is 11.8. The molecule has 110 valence electrons. The predicted octanol–water partition coefficient (Wildman–Crippen LogP) is 3.93. The molecule has 21 heavy (non-hydrogen) atoms. The number of aromatic nitrogens is 2. The van der Waals surface area contributed by atoms with Crippen molar-refractivity contribution < 1.29 is 14.3 Å². The molecule has 4 nitrogen and oxygen atoms in total. The summed E-state index contributed by atoms with van der Waals surface area (Å²) in [6.07, 6.45) is 0. The highest BCUT2D eigenvalue weighted by molar-refractivity contribution is 6.29. The number of carboxylic acids is 1. The van der Waals surface area contributed by atoms with Crippen LogP contribution in [0.5, 0.6) is 0 Å². The van der Waals surface area contributed by atoms with Crippen LogP contribution < -0.4 is 0 Å². The van der Waals surface area contributed by atoms with E-state index in [1.165, 1.54) is 18.2 Å². The molecule has 2 rings (SSSR count). The largest absolute Gasteiger partial charge is 0.478 e. The molecule has 0 spiro atoms. The average molecular weight is 309 g/mol. The molecule has 1 aromatic carbocycles. The number of nitrogens with zero attached hydrogens (tertiary/aromatic N) is 2. The Balaban J connectivity index is 2.62. The molecule has 0 amide bonds. The van der Waals surface area contributed by atoms with E-state index in [9.17, 15) is 9.18 Å². The lowest BCUT2D eigenvalue weighted by Crippen LogP contribution is -2.16. The van der Waals surface area contributed by atoms with E-state index in [0.717, 1.165) is 6.07 Å². The van der Waals surface area contributed by atoms with E-state index in [1.54, 1.807) is 0 Å². The minimum Gasteiger partial charge on any atom is -0.478 e. The number of aromatic carboxylic acids is 1. The van der Waals surface area contributed by atoms with Crippen LogP contribution in [0.25, 0.3) is 11.3 Å². The molecule has 0 unspecified atom stereocenters. The Hall–Kier alpha value is -2.01. The number of rotatable bonds is 2. The highest BCUT2D eigenvalue weighted by Crippen LogP contribution is 2.26. The second-order valence-corrected chi connectivity index (χ2v) is 6.07. The van der Waals surface area contributed by atoms with Crippen molar-refractivity contribution in [2.24, 2.45) is 0 Å². The van der Waals surface area contributed by atoms with E-state index in [-0.39, 0.29) is 16.1 Å². The lowest BCUT2D eigenvalue weighted by molar-refractivity contribution is 0.0696. The van der Waals surface area contributed by atoms with E-state index in [1.807, 2.05) is 20.8 Å². The van der Waals surface area contributed by atoms with Gasteiger partial charge in [0.1, 0.15) is 16.8 Å². The van der Waals surface area contributed by atoms with Crippen molar-refractivity contribution in [3.8, 4) is 11.3 Å². The van der Waals surface area contributed by atoms with Crippen LogP contribution >= 0.6 is 11.6 Å². The van der Waals surface area contributed by atoms with Crippen molar-refractivity contribution >= 4 is 17.6 Å². The summed E-state index contributed by atoms with van der Waals surface area (Å²) < 4.78 is 13.6. The summed E-state index contributed by atoms with van der Waals surface area (Å²) in [5.41, 5.74) is 0.268. The number of hydrogen-bond donors (Lipinski definition) is 1. The quantitative estimate of drug-likeness (QED) is 0.854. The molecule has 2 aromatic rings. The molecule has 0 bridgehead atoms. The molecule has 0 radical (unpaired) electrons. The van der Waals surface area contributed by atoms with Crippen LogP contribution in [-0.4, -0.2) is 21.0 Å². The smallest absolute Gasteiger partial charge is 0.335 e. The number of carboxylic acid groups (broad SMARTS) is 1. The van der Waals surface area contributed by atoms with Crippen molar-refractivity contribution in [2.45, 2.75) is 26.2 Å². The van der Waals surface area contributed by atoms with Gasteiger partial charge in [-0.25, -0.2) is 19.2 Å². The normalized spacial score (nSPS) is 11.5. The maximum atomic E-state index is 13.6. The van der Waals surface area contributed by atoms with Gasteiger partial charge in [0, 0.05) is 17.0 Å². The van der Waals surface area contributed by atoms with Crippen molar-refractivity contribution in [3.05, 3.63) is 46.6 Å². The first-order valence-corrected chi connectivity index (χ1v) is 6.64. The van der Waals surface area contributed by atoms with Crippen molar-refractivity contribution in [3.63, 3.8) is 0 Å². The fourth-order valence-corrected chi connectivity index (χ4v) is 1.95. The summed E-state index contributed by atoms with van der Waals surface area (Å²) in [4.78, 5) is 19.5. The minimum absolute atomic E-state index is 0.142. The molecule has 1 N–H and O–H groups in total. The highest BCUT2D eigenvalue weighted by atomic mass is 35.5. The number of benzene rings is 1. The zero-order valence-corrected chi connectivity index (χ0v) is 12.6. The second-order valence-electron chi connectivity index (χ2n) is 5.68. The number of halogens is 2. The van der Waals surface area contributed by atoms with Crippen molar-refractivity contribution in [1.82, 2.24) is 9.97 Å². The second kappa shape index (κ2) is 5.41. The van der Waals surface area contributed by atoms with Gasteiger partial charge in [0.15, 0.2) is 0 Å². The molecule has 0 atom stereocenters. The average Bonchev–Trinajstić information content (AvgIpc) is 2.36. The molecular formula is C15H14ClFN2O2. The Kier molecular flexibility index (Phi) is 3.96. The Bertz CT molecular complexity index is 711. The topological polar surface area (TPSA) is 63.1 Å². The Morgan fingerprint density at radius 1 is 1.19 bits per heavy atom. The van der Waals surface area contributed by atoms with Crippen LogP contribution in [0.3, 0.4) is 0 Å². The Morgan fingerprint density at radius 2 is 1.86 bits per heavy atom. The molecule has 0 fully saturated rings. The van der Waals surface area contributed by atoms with Gasteiger partial charge in [-0.05, 0) is 18.2 Å². The Morgan fingerprint density at radius 3 is 2.43 bits per heavy atom. The summed E-state index contributed by atoms with van der Waals surface area (Å²) in [7, 11) is 0. The minimum atomic E-state index is -1.20. The van der Waals surface area contributed by atoms with Gasteiger partial charge in [0.25, 0.3) is 0 Å². The van der Waals surface area contributed by atoms with Crippen LogP contribution in [0.15, 0.2) is 24.3 Å². The summed E-state index contributed by atoms with van der Waals surface area (Å²) in [6, 6.07) is 5.02. The zero-order chi connectivity index (χ0) is 15.8. The SMILES string of the molecule is CC(C)(C)c1nc(Cl)cc(-c2cc(F)cc(C(=O)O)c2)n1. The standard InChI is InChI=1S/C15H14ClFN2O2/c1-15(2,3)14-18-11(7-12(16)19-14)8-4-9(13(20)21)6-10(17)5-8/h4-7H,1-3H3,(H,20,21). The van der Waals surface area contributed by atoms with E-state index in [4.69, 9.17) is 16.7 Å². The van der Waals surface area contributed by atoms with E-state index < -0.39 is 11.8 Å². The first-order valence-electron chi connectivity index (χ1n) is 6.26. The third-order valence-electron chi connectivity index (χ3n) is 2.81. The van der Waals surface area contributed by atoms with Gasteiger partial charge in [-0.15, -0.1) is 0 Å². The molecule has 0 aliphatic rings. The van der Waals surface area contributed by atoms with Gasteiger partial charge in [-0.2, -0.15) is 0 Å². The maximum absolute atomic E-state index is 13.6. The molecule has 1 heterocycles. The Labute approximate surface area is 126 Å². The van der Waals surface area contributed by atoms with E-state index in [0.29, 0.717) is 17.1 Å². The first-order chi connectivity index (χ1) is 9.66. The summed E-state index contributed by atoms with van der Waals surface area (Å²) >= 11 is 5.99. The van der Waals surface area contributed by atoms with Gasteiger partial charge in [0.2, 0.25) is 0 Å². The molecule has 0 saturated carbocycles. The monoisotopic (exact) mass is 308 g/mol. The van der Waals surface area contributed by atoms with Crippen LogP contribution in [0.2, 0.25) is 5.15 Å². The summed E-state index contributed by atoms with van der Waals surface area (Å²) in [5.74, 6) is -1.34. The summed E-state index contributed by atoms with van der Waals surface area (Å²) in [5, 5.41) is 9.22. The fraction of sp³-hybridized carbons (Fsp3) is 0.267. The molecule has 0 aliphatic heterocycles. The predicted molar refractivity (Wildman–Crippen MR) is 78.1 cm³/mol. The van der Waals surface area contributed by atoms with Crippen LogP contribution in [0.4, 0.5) is 4.39 Å². The third kappa shape index (κ3) is 3.55.